The van der Waals surface area contributed by atoms with Gasteiger partial charge in [-0.05, 0) is 70.9 Å². The van der Waals surface area contributed by atoms with Gasteiger partial charge in [-0.3, -0.25) is 0 Å². The number of rotatable bonds is 12. The first-order valence-electron chi connectivity index (χ1n) is 10.1. The standard InChI is InChI=1S/C21H38N4O.HI/c1-6-22-21(24-18(5)12-11-15-25(7-2)8-3)23-17-19-13-10-14-20(16-19)26-9-4;/h10,13-14,16,18H,6-9,11-12,15,17H2,1-5H3,(H2,22,23,24);1H. The average molecular weight is 490 g/mol. The molecule has 1 unspecified atom stereocenters. The second-order valence-corrected chi connectivity index (χ2v) is 6.49. The van der Waals surface area contributed by atoms with Gasteiger partial charge in [0, 0.05) is 12.6 Å². The Bertz CT molecular complexity index is 521. The highest BCUT2D eigenvalue weighted by Crippen LogP contribution is 2.14. The molecule has 0 heterocycles. The number of nitrogens with one attached hydrogen (secondary N) is 2. The monoisotopic (exact) mass is 490 g/mol. The number of halogens is 1. The van der Waals surface area contributed by atoms with Gasteiger partial charge in [0.2, 0.25) is 0 Å². The summed E-state index contributed by atoms with van der Waals surface area (Å²) in [5.41, 5.74) is 1.15. The van der Waals surface area contributed by atoms with Crippen molar-refractivity contribution in [3.8, 4) is 5.75 Å². The minimum absolute atomic E-state index is 0. The Balaban J connectivity index is 0.00000676. The largest absolute Gasteiger partial charge is 0.494 e. The molecule has 6 heteroatoms. The van der Waals surface area contributed by atoms with Crippen molar-refractivity contribution in [3.05, 3.63) is 29.8 Å². The molecule has 0 bridgehead atoms. The van der Waals surface area contributed by atoms with Crippen LogP contribution in [0.1, 0.15) is 53.0 Å². The quantitative estimate of drug-likeness (QED) is 0.261. The zero-order valence-corrected chi connectivity index (χ0v) is 20.1. The van der Waals surface area contributed by atoms with Crippen LogP contribution in [0.25, 0.3) is 0 Å². The second kappa shape index (κ2) is 16.0. The molecule has 1 aromatic rings. The summed E-state index contributed by atoms with van der Waals surface area (Å²) in [7, 11) is 0. The lowest BCUT2D eigenvalue weighted by atomic mass is 10.2. The Hall–Kier alpha value is -1.02. The number of aliphatic imine (C=N–C) groups is 1. The van der Waals surface area contributed by atoms with Crippen molar-refractivity contribution in [1.29, 1.82) is 0 Å². The molecule has 1 atom stereocenters. The molecular formula is C21H39IN4O. The molecular weight excluding hydrogens is 451 g/mol. The molecule has 2 N–H and O–H groups in total. The first-order chi connectivity index (χ1) is 12.6. The molecule has 0 aliphatic carbocycles. The van der Waals surface area contributed by atoms with Gasteiger partial charge < -0.3 is 20.3 Å². The van der Waals surface area contributed by atoms with Crippen LogP contribution in [0, 0.1) is 0 Å². The molecule has 0 radical (unpaired) electrons. The zero-order chi connectivity index (χ0) is 19.2. The number of benzene rings is 1. The normalized spacial score (nSPS) is 12.4. The van der Waals surface area contributed by atoms with Crippen molar-refractivity contribution in [2.24, 2.45) is 4.99 Å². The van der Waals surface area contributed by atoms with E-state index in [1.54, 1.807) is 0 Å². The number of nitrogens with zero attached hydrogens (tertiary/aromatic N) is 2. The lowest BCUT2D eigenvalue weighted by Crippen LogP contribution is -2.42. The van der Waals surface area contributed by atoms with Crippen LogP contribution >= 0.6 is 24.0 Å². The van der Waals surface area contributed by atoms with Crippen LogP contribution < -0.4 is 15.4 Å². The van der Waals surface area contributed by atoms with Crippen LogP contribution in [0.15, 0.2) is 29.3 Å². The van der Waals surface area contributed by atoms with Crippen LogP contribution in [0.3, 0.4) is 0 Å². The Kier molecular flexibility index (Phi) is 15.4. The van der Waals surface area contributed by atoms with Gasteiger partial charge in [0.15, 0.2) is 5.96 Å². The SMILES string of the molecule is CCNC(=NCc1cccc(OCC)c1)NC(C)CCCN(CC)CC.I. The Morgan fingerprint density at radius 2 is 1.93 bits per heavy atom. The number of hydrogen-bond donors (Lipinski definition) is 2. The summed E-state index contributed by atoms with van der Waals surface area (Å²) in [4.78, 5) is 7.20. The minimum Gasteiger partial charge on any atom is -0.494 e. The third-order valence-electron chi connectivity index (χ3n) is 4.36. The van der Waals surface area contributed by atoms with Crippen molar-refractivity contribution >= 4 is 29.9 Å². The lowest BCUT2D eigenvalue weighted by Gasteiger charge is -2.21. The summed E-state index contributed by atoms with van der Waals surface area (Å²) >= 11 is 0. The predicted octanol–water partition coefficient (Wildman–Crippen LogP) is 4.27. The first kappa shape index (κ1) is 26.0. The minimum atomic E-state index is 0. The van der Waals surface area contributed by atoms with Gasteiger partial charge in [-0.2, -0.15) is 0 Å². The fourth-order valence-electron chi connectivity index (χ4n) is 2.86. The van der Waals surface area contributed by atoms with Gasteiger partial charge >= 0.3 is 0 Å². The van der Waals surface area contributed by atoms with Crippen molar-refractivity contribution in [1.82, 2.24) is 15.5 Å². The number of guanidine groups is 1. The lowest BCUT2D eigenvalue weighted by molar-refractivity contribution is 0.292. The zero-order valence-electron chi connectivity index (χ0n) is 17.8. The molecule has 0 aliphatic heterocycles. The molecule has 1 rings (SSSR count). The highest BCUT2D eigenvalue weighted by atomic mass is 127. The van der Waals surface area contributed by atoms with Gasteiger partial charge in [0.25, 0.3) is 0 Å². The second-order valence-electron chi connectivity index (χ2n) is 6.49. The molecule has 0 fully saturated rings. The van der Waals surface area contributed by atoms with Crippen LogP contribution in [0.2, 0.25) is 0 Å². The third-order valence-corrected chi connectivity index (χ3v) is 4.36. The van der Waals surface area contributed by atoms with Crippen LogP contribution in [0.4, 0.5) is 0 Å². The van der Waals surface area contributed by atoms with Crippen LogP contribution in [0.5, 0.6) is 5.75 Å². The summed E-state index contributed by atoms with van der Waals surface area (Å²) in [5, 5.41) is 6.87. The topological polar surface area (TPSA) is 48.9 Å². The predicted molar refractivity (Wildman–Crippen MR) is 127 cm³/mol. The van der Waals surface area contributed by atoms with Gasteiger partial charge in [-0.25, -0.2) is 4.99 Å². The summed E-state index contributed by atoms with van der Waals surface area (Å²) in [6.45, 7) is 16.4. The molecule has 156 valence electrons. The maximum absolute atomic E-state index is 5.56. The fourth-order valence-corrected chi connectivity index (χ4v) is 2.86. The summed E-state index contributed by atoms with van der Waals surface area (Å²) in [5.74, 6) is 1.78. The van der Waals surface area contributed by atoms with E-state index in [4.69, 9.17) is 9.73 Å². The van der Waals surface area contributed by atoms with E-state index >= 15 is 0 Å². The molecule has 27 heavy (non-hydrogen) atoms. The highest BCUT2D eigenvalue weighted by molar-refractivity contribution is 14.0. The van der Waals surface area contributed by atoms with Crippen LogP contribution in [-0.4, -0.2) is 49.7 Å². The third kappa shape index (κ3) is 11.4. The van der Waals surface area contributed by atoms with Gasteiger partial charge in [0.1, 0.15) is 5.75 Å². The fraction of sp³-hybridized carbons (Fsp3) is 0.667. The molecule has 0 spiro atoms. The Labute approximate surface area is 183 Å². The molecule has 0 saturated carbocycles. The molecule has 1 aromatic carbocycles. The van der Waals surface area contributed by atoms with E-state index in [2.05, 4.69) is 55.4 Å². The number of hydrogen-bond acceptors (Lipinski definition) is 3. The Morgan fingerprint density at radius 3 is 2.56 bits per heavy atom. The van der Waals surface area contributed by atoms with E-state index in [0.29, 0.717) is 19.2 Å². The van der Waals surface area contributed by atoms with Crippen molar-refractivity contribution in [2.75, 3.05) is 32.8 Å². The molecule has 5 nitrogen and oxygen atoms in total. The summed E-state index contributed by atoms with van der Waals surface area (Å²) in [6, 6.07) is 8.55. The van der Waals surface area contributed by atoms with Gasteiger partial charge in [0.05, 0.1) is 13.2 Å². The van der Waals surface area contributed by atoms with E-state index in [1.807, 2.05) is 19.1 Å². The highest BCUT2D eigenvalue weighted by Gasteiger charge is 2.07. The van der Waals surface area contributed by atoms with Crippen molar-refractivity contribution in [3.63, 3.8) is 0 Å². The van der Waals surface area contributed by atoms with Crippen molar-refractivity contribution < 1.29 is 4.74 Å². The van der Waals surface area contributed by atoms with E-state index in [-0.39, 0.29) is 24.0 Å². The molecule has 0 saturated heterocycles. The Morgan fingerprint density at radius 1 is 1.19 bits per heavy atom. The van der Waals surface area contributed by atoms with Crippen LogP contribution in [-0.2, 0) is 6.54 Å². The maximum Gasteiger partial charge on any atom is 0.191 e. The van der Waals surface area contributed by atoms with E-state index in [1.165, 1.54) is 6.42 Å². The maximum atomic E-state index is 5.56. The first-order valence-corrected chi connectivity index (χ1v) is 10.1. The smallest absolute Gasteiger partial charge is 0.191 e. The molecule has 0 amide bonds. The van der Waals surface area contributed by atoms with E-state index < -0.39 is 0 Å². The molecule has 0 aliphatic rings. The summed E-state index contributed by atoms with van der Waals surface area (Å²) < 4.78 is 5.56. The van der Waals surface area contributed by atoms with Crippen molar-refractivity contribution in [2.45, 2.75) is 60.0 Å². The average Bonchev–Trinajstić information content (AvgIpc) is 2.64. The summed E-state index contributed by atoms with van der Waals surface area (Å²) in [6.07, 6.45) is 2.34. The van der Waals surface area contributed by atoms with Gasteiger partial charge in [-0.15, -0.1) is 24.0 Å². The van der Waals surface area contributed by atoms with E-state index in [0.717, 1.165) is 49.9 Å². The van der Waals surface area contributed by atoms with E-state index in [9.17, 15) is 0 Å². The van der Waals surface area contributed by atoms with Gasteiger partial charge in [-0.1, -0.05) is 26.0 Å². The molecule has 0 aromatic heterocycles. The number of ether oxygens (including phenoxy) is 1.